The van der Waals surface area contributed by atoms with Crippen LogP contribution in [0.5, 0.6) is 11.5 Å². The molecular weight excluding hydrogens is 522 g/mol. The lowest BCUT2D eigenvalue weighted by Gasteiger charge is -2.15. The van der Waals surface area contributed by atoms with Crippen molar-refractivity contribution in [2.75, 3.05) is 24.7 Å². The molecule has 0 amide bonds. The van der Waals surface area contributed by atoms with E-state index in [0.29, 0.717) is 12.4 Å². The quantitative estimate of drug-likeness (QED) is 0.115. The van der Waals surface area contributed by atoms with Gasteiger partial charge in [-0.15, -0.1) is 0 Å². The van der Waals surface area contributed by atoms with Gasteiger partial charge in [0.05, 0.1) is 13.2 Å². The number of ether oxygens (including phenoxy) is 2. The standard InChI is InChI=1S/C35H53N5O2/c1-3-5-7-9-11-13-15-17-25-41-31-24-23-30(27-32(31)42-26-18-16-14-12-10-8-6-4-2)28-19-21-29(22-20-28)33-38-34(36)40-35(37)39-33/h19-24,27H,3-18,25-26H2,1-2H3,(H4,36,37,38,39,40). The average molecular weight is 576 g/mol. The van der Waals surface area contributed by atoms with Gasteiger partial charge in [-0.25, -0.2) is 0 Å². The van der Waals surface area contributed by atoms with Crippen molar-refractivity contribution in [1.29, 1.82) is 0 Å². The van der Waals surface area contributed by atoms with Crippen LogP contribution in [-0.2, 0) is 0 Å². The number of nitrogen functional groups attached to an aromatic ring is 2. The zero-order valence-corrected chi connectivity index (χ0v) is 26.1. The molecule has 0 aliphatic heterocycles. The van der Waals surface area contributed by atoms with Crippen LogP contribution in [0.2, 0.25) is 0 Å². The first-order chi connectivity index (χ1) is 20.6. The third-order valence-electron chi connectivity index (χ3n) is 7.60. The number of hydrogen-bond donors (Lipinski definition) is 2. The molecule has 0 fully saturated rings. The van der Waals surface area contributed by atoms with Crippen LogP contribution < -0.4 is 20.9 Å². The molecule has 0 saturated carbocycles. The maximum absolute atomic E-state index is 6.32. The molecule has 1 heterocycles. The summed E-state index contributed by atoms with van der Waals surface area (Å²) in [5, 5.41) is 0. The van der Waals surface area contributed by atoms with E-state index in [0.717, 1.165) is 47.6 Å². The Labute approximate surface area is 253 Å². The number of nitrogens with zero attached hydrogens (tertiary/aromatic N) is 3. The fourth-order valence-corrected chi connectivity index (χ4v) is 5.11. The maximum Gasteiger partial charge on any atom is 0.225 e. The van der Waals surface area contributed by atoms with Gasteiger partial charge in [0.1, 0.15) is 0 Å². The lowest BCUT2D eigenvalue weighted by Crippen LogP contribution is -2.04. The lowest BCUT2D eigenvalue weighted by atomic mass is 10.0. The Morgan fingerprint density at radius 1 is 0.476 bits per heavy atom. The smallest absolute Gasteiger partial charge is 0.225 e. The molecule has 0 aliphatic rings. The number of aromatic nitrogens is 3. The fraction of sp³-hybridized carbons (Fsp3) is 0.571. The Morgan fingerprint density at radius 3 is 1.43 bits per heavy atom. The van der Waals surface area contributed by atoms with Crippen LogP contribution in [0.1, 0.15) is 117 Å². The Bertz CT molecular complexity index is 1130. The van der Waals surface area contributed by atoms with Crippen LogP contribution in [0.3, 0.4) is 0 Å². The zero-order valence-electron chi connectivity index (χ0n) is 26.1. The van der Waals surface area contributed by atoms with Crippen molar-refractivity contribution < 1.29 is 9.47 Å². The Kier molecular flexibility index (Phi) is 15.6. The van der Waals surface area contributed by atoms with Gasteiger partial charge in [0.2, 0.25) is 11.9 Å². The maximum atomic E-state index is 6.32. The summed E-state index contributed by atoms with van der Waals surface area (Å²) in [5.41, 5.74) is 14.5. The summed E-state index contributed by atoms with van der Waals surface area (Å²) in [6, 6.07) is 14.3. The second kappa shape index (κ2) is 19.7. The van der Waals surface area contributed by atoms with E-state index in [1.165, 1.54) is 89.9 Å². The van der Waals surface area contributed by atoms with Crippen molar-refractivity contribution in [2.24, 2.45) is 0 Å². The highest BCUT2D eigenvalue weighted by atomic mass is 16.5. The Morgan fingerprint density at radius 2 is 0.905 bits per heavy atom. The first kappa shape index (κ1) is 33.2. The van der Waals surface area contributed by atoms with Crippen molar-refractivity contribution in [3.8, 4) is 34.0 Å². The van der Waals surface area contributed by atoms with Crippen LogP contribution in [0, 0.1) is 0 Å². The van der Waals surface area contributed by atoms with Gasteiger partial charge in [0.25, 0.3) is 0 Å². The molecule has 7 nitrogen and oxygen atoms in total. The summed E-state index contributed by atoms with van der Waals surface area (Å²) in [5.74, 6) is 2.33. The highest BCUT2D eigenvalue weighted by molar-refractivity contribution is 5.70. The number of nitrogens with two attached hydrogens (primary N) is 2. The molecule has 0 aliphatic carbocycles. The number of benzene rings is 2. The molecule has 1 aromatic heterocycles. The molecule has 3 aromatic rings. The summed E-state index contributed by atoms with van der Waals surface area (Å²) < 4.78 is 12.6. The van der Waals surface area contributed by atoms with Crippen molar-refractivity contribution in [2.45, 2.75) is 117 Å². The summed E-state index contributed by atoms with van der Waals surface area (Å²) in [6.45, 7) is 5.95. The topological polar surface area (TPSA) is 109 Å². The van der Waals surface area contributed by atoms with Crippen LogP contribution in [-0.4, -0.2) is 28.2 Å². The van der Waals surface area contributed by atoms with E-state index in [1.807, 2.05) is 30.3 Å². The fourth-order valence-electron chi connectivity index (χ4n) is 5.11. The highest BCUT2D eigenvalue weighted by Crippen LogP contribution is 2.34. The van der Waals surface area contributed by atoms with Gasteiger partial charge < -0.3 is 20.9 Å². The molecule has 3 rings (SSSR count). The number of rotatable bonds is 22. The van der Waals surface area contributed by atoms with Gasteiger partial charge >= 0.3 is 0 Å². The Balaban J connectivity index is 1.58. The predicted molar refractivity (Wildman–Crippen MR) is 176 cm³/mol. The van der Waals surface area contributed by atoms with Crippen LogP contribution in [0.15, 0.2) is 42.5 Å². The molecule has 0 radical (unpaired) electrons. The van der Waals surface area contributed by atoms with E-state index >= 15 is 0 Å². The molecule has 0 saturated heterocycles. The Hall–Kier alpha value is -3.35. The zero-order chi connectivity index (χ0) is 29.8. The minimum absolute atomic E-state index is 0.113. The third-order valence-corrected chi connectivity index (χ3v) is 7.60. The molecule has 2 aromatic carbocycles. The molecule has 230 valence electrons. The molecule has 4 N–H and O–H groups in total. The van der Waals surface area contributed by atoms with E-state index in [2.05, 4.69) is 40.9 Å². The molecule has 42 heavy (non-hydrogen) atoms. The number of unbranched alkanes of at least 4 members (excludes halogenated alkanes) is 14. The van der Waals surface area contributed by atoms with Gasteiger partial charge in [-0.3, -0.25) is 0 Å². The summed E-state index contributed by atoms with van der Waals surface area (Å²) >= 11 is 0. The molecule has 0 spiro atoms. The molecule has 0 atom stereocenters. The first-order valence-corrected chi connectivity index (χ1v) is 16.4. The minimum Gasteiger partial charge on any atom is -0.490 e. The SMILES string of the molecule is CCCCCCCCCCOc1ccc(-c2ccc(-c3nc(N)nc(N)n3)cc2)cc1OCCCCCCCCCC. The molecule has 0 unspecified atom stereocenters. The van der Waals surface area contributed by atoms with E-state index in [1.54, 1.807) is 0 Å². The van der Waals surface area contributed by atoms with Crippen LogP contribution in [0.4, 0.5) is 11.9 Å². The van der Waals surface area contributed by atoms with E-state index in [9.17, 15) is 0 Å². The van der Waals surface area contributed by atoms with Gasteiger partial charge in [0.15, 0.2) is 17.3 Å². The molecule has 0 bridgehead atoms. The second-order valence-corrected chi connectivity index (χ2v) is 11.3. The van der Waals surface area contributed by atoms with Crippen molar-refractivity contribution in [3.05, 3.63) is 42.5 Å². The van der Waals surface area contributed by atoms with Gasteiger partial charge in [-0.2, -0.15) is 15.0 Å². The summed E-state index contributed by atoms with van der Waals surface area (Å²) in [4.78, 5) is 12.3. The van der Waals surface area contributed by atoms with Crippen molar-refractivity contribution in [3.63, 3.8) is 0 Å². The van der Waals surface area contributed by atoms with Crippen molar-refractivity contribution in [1.82, 2.24) is 15.0 Å². The lowest BCUT2D eigenvalue weighted by molar-refractivity contribution is 0.258. The van der Waals surface area contributed by atoms with Gasteiger partial charge in [-0.1, -0.05) is 134 Å². The van der Waals surface area contributed by atoms with Crippen LogP contribution in [0.25, 0.3) is 22.5 Å². The van der Waals surface area contributed by atoms with Crippen LogP contribution >= 0.6 is 0 Å². The molecular formula is C35H53N5O2. The largest absolute Gasteiger partial charge is 0.490 e. The number of anilines is 2. The van der Waals surface area contributed by atoms with Gasteiger partial charge in [-0.05, 0) is 36.1 Å². The van der Waals surface area contributed by atoms with Crippen molar-refractivity contribution >= 4 is 11.9 Å². The second-order valence-electron chi connectivity index (χ2n) is 11.3. The normalized spacial score (nSPS) is 11.1. The highest BCUT2D eigenvalue weighted by Gasteiger charge is 2.11. The third kappa shape index (κ3) is 12.3. The van der Waals surface area contributed by atoms with E-state index in [-0.39, 0.29) is 11.9 Å². The first-order valence-electron chi connectivity index (χ1n) is 16.4. The van der Waals surface area contributed by atoms with Gasteiger partial charge in [0, 0.05) is 5.56 Å². The summed E-state index contributed by atoms with van der Waals surface area (Å²) in [7, 11) is 0. The predicted octanol–water partition coefficient (Wildman–Crippen LogP) is 9.41. The monoisotopic (exact) mass is 575 g/mol. The van der Waals surface area contributed by atoms with E-state index < -0.39 is 0 Å². The molecule has 7 heteroatoms. The number of hydrogen-bond acceptors (Lipinski definition) is 7. The minimum atomic E-state index is 0.113. The van der Waals surface area contributed by atoms with E-state index in [4.69, 9.17) is 20.9 Å². The average Bonchev–Trinajstić information content (AvgIpc) is 2.99. The summed E-state index contributed by atoms with van der Waals surface area (Å²) in [6.07, 6.45) is 20.5.